The van der Waals surface area contributed by atoms with Crippen LogP contribution in [0.1, 0.15) is 10.4 Å². The average molecular weight is 318 g/mol. The van der Waals surface area contributed by atoms with Crippen LogP contribution in [0.5, 0.6) is 11.5 Å². The number of carbonyl (C=O) groups is 1. The molecule has 0 radical (unpaired) electrons. The highest BCUT2D eigenvalue weighted by Gasteiger charge is 2.15. The number of carboxylic acid groups (broad SMARTS) is 1. The lowest BCUT2D eigenvalue weighted by Crippen LogP contribution is -2.00. The van der Waals surface area contributed by atoms with Crippen LogP contribution in [0.4, 0.5) is 0 Å². The Morgan fingerprint density at radius 3 is 2.26 bits per heavy atom. The van der Waals surface area contributed by atoms with Gasteiger partial charge in [0, 0.05) is 10.0 Å². The maximum Gasteiger partial charge on any atom is 0.339 e. The molecule has 0 unspecified atom stereocenters. The molecular weight excluding hydrogens is 310 g/mol. The third-order valence-electron chi connectivity index (χ3n) is 2.25. The maximum absolute atomic E-state index is 11.1. The van der Waals surface area contributed by atoms with Crippen molar-refractivity contribution in [2.45, 2.75) is 0 Å². The molecule has 0 atom stereocenters. The smallest absolute Gasteiger partial charge is 0.339 e. The number of rotatable bonds is 3. The first kappa shape index (κ1) is 14.0. The molecule has 0 aliphatic rings. The Bertz CT molecular complexity index is 621. The quantitative estimate of drug-likeness (QED) is 0.853. The van der Waals surface area contributed by atoms with Crippen LogP contribution in [0.25, 0.3) is 0 Å². The molecule has 98 valence electrons. The molecule has 2 aromatic rings. The molecule has 0 spiro atoms. The highest BCUT2D eigenvalue weighted by Crippen LogP contribution is 2.35. The zero-order valence-corrected chi connectivity index (χ0v) is 11.6. The fourth-order valence-electron chi connectivity index (χ4n) is 1.49. The highest BCUT2D eigenvalue weighted by atomic mass is 35.5. The molecule has 0 saturated heterocycles. The number of benzene rings is 2. The fourth-order valence-corrected chi connectivity index (χ4v) is 2.21. The first-order valence-electron chi connectivity index (χ1n) is 5.13. The molecule has 0 saturated carbocycles. The number of para-hydroxylation sites is 1. The third-order valence-corrected chi connectivity index (χ3v) is 2.99. The number of hydrogen-bond acceptors (Lipinski definition) is 2. The first-order chi connectivity index (χ1) is 8.97. The standard InChI is InChI=1S/C13H7Cl3O3/c14-7-4-8(15)6-9(5-7)19-12-10(13(17)18)2-1-3-11(12)16/h1-6H,(H,17,18). The van der Waals surface area contributed by atoms with E-state index in [0.29, 0.717) is 15.8 Å². The van der Waals surface area contributed by atoms with Crippen molar-refractivity contribution in [1.29, 1.82) is 0 Å². The van der Waals surface area contributed by atoms with Crippen LogP contribution in [-0.2, 0) is 0 Å². The van der Waals surface area contributed by atoms with Gasteiger partial charge in [0.15, 0.2) is 5.75 Å². The van der Waals surface area contributed by atoms with Gasteiger partial charge in [-0.05, 0) is 30.3 Å². The van der Waals surface area contributed by atoms with E-state index in [1.54, 1.807) is 6.07 Å². The van der Waals surface area contributed by atoms with Gasteiger partial charge in [-0.25, -0.2) is 4.79 Å². The van der Waals surface area contributed by atoms with E-state index in [1.807, 2.05) is 0 Å². The normalized spacial score (nSPS) is 10.3. The molecule has 0 amide bonds. The Labute approximate surface area is 124 Å². The SMILES string of the molecule is O=C(O)c1cccc(Cl)c1Oc1cc(Cl)cc(Cl)c1. The van der Waals surface area contributed by atoms with Crippen molar-refractivity contribution in [2.24, 2.45) is 0 Å². The summed E-state index contributed by atoms with van der Waals surface area (Å²) < 4.78 is 5.48. The maximum atomic E-state index is 11.1. The van der Waals surface area contributed by atoms with Gasteiger partial charge >= 0.3 is 5.97 Å². The number of halogens is 3. The molecule has 19 heavy (non-hydrogen) atoms. The van der Waals surface area contributed by atoms with E-state index in [9.17, 15) is 4.79 Å². The Balaban J connectivity index is 2.45. The van der Waals surface area contributed by atoms with Crippen molar-refractivity contribution >= 4 is 40.8 Å². The van der Waals surface area contributed by atoms with Crippen molar-refractivity contribution in [3.8, 4) is 11.5 Å². The predicted molar refractivity (Wildman–Crippen MR) is 74.9 cm³/mol. The minimum atomic E-state index is -1.13. The minimum Gasteiger partial charge on any atom is -0.478 e. The Kier molecular flexibility index (Phi) is 4.20. The lowest BCUT2D eigenvalue weighted by atomic mass is 10.2. The molecule has 0 aliphatic carbocycles. The monoisotopic (exact) mass is 316 g/mol. The summed E-state index contributed by atoms with van der Waals surface area (Å²) in [6, 6.07) is 9.04. The van der Waals surface area contributed by atoms with Crippen molar-refractivity contribution in [3.05, 3.63) is 57.0 Å². The summed E-state index contributed by atoms with van der Waals surface area (Å²) in [5.74, 6) is -0.770. The molecule has 3 nitrogen and oxygen atoms in total. The van der Waals surface area contributed by atoms with Crippen LogP contribution in [0.3, 0.4) is 0 Å². The summed E-state index contributed by atoms with van der Waals surface area (Å²) in [5, 5.41) is 10.0. The number of hydrogen-bond donors (Lipinski definition) is 1. The third kappa shape index (κ3) is 3.32. The highest BCUT2D eigenvalue weighted by molar-refractivity contribution is 6.35. The van der Waals surface area contributed by atoms with Crippen LogP contribution in [0.15, 0.2) is 36.4 Å². The van der Waals surface area contributed by atoms with Crippen LogP contribution in [0, 0.1) is 0 Å². The number of aromatic carboxylic acids is 1. The Morgan fingerprint density at radius 2 is 1.68 bits per heavy atom. The predicted octanol–water partition coefficient (Wildman–Crippen LogP) is 5.14. The van der Waals surface area contributed by atoms with E-state index < -0.39 is 5.97 Å². The van der Waals surface area contributed by atoms with Crippen molar-refractivity contribution in [2.75, 3.05) is 0 Å². The van der Waals surface area contributed by atoms with Crippen LogP contribution < -0.4 is 4.74 Å². The van der Waals surface area contributed by atoms with Crippen LogP contribution >= 0.6 is 34.8 Å². The summed E-state index contributed by atoms with van der Waals surface area (Å²) in [5.41, 5.74) is -0.0383. The van der Waals surface area contributed by atoms with E-state index in [2.05, 4.69) is 0 Å². The largest absolute Gasteiger partial charge is 0.478 e. The minimum absolute atomic E-state index is 0.0383. The van der Waals surface area contributed by atoms with E-state index >= 15 is 0 Å². The molecule has 0 aliphatic heterocycles. The van der Waals surface area contributed by atoms with Gasteiger partial charge in [-0.2, -0.15) is 0 Å². The van der Waals surface area contributed by atoms with Gasteiger partial charge in [-0.3, -0.25) is 0 Å². The average Bonchev–Trinajstić information content (AvgIpc) is 2.30. The molecular formula is C13H7Cl3O3. The molecule has 0 aromatic heterocycles. The second-order valence-electron chi connectivity index (χ2n) is 3.63. The van der Waals surface area contributed by atoms with Crippen LogP contribution in [0.2, 0.25) is 15.1 Å². The number of carboxylic acids is 1. The number of ether oxygens (including phenoxy) is 1. The molecule has 0 bridgehead atoms. The molecule has 0 fully saturated rings. The van der Waals surface area contributed by atoms with Crippen LogP contribution in [-0.4, -0.2) is 11.1 Å². The second kappa shape index (κ2) is 5.70. The van der Waals surface area contributed by atoms with Gasteiger partial charge in [-0.15, -0.1) is 0 Å². The molecule has 2 rings (SSSR count). The molecule has 2 aromatic carbocycles. The molecule has 0 heterocycles. The van der Waals surface area contributed by atoms with E-state index in [4.69, 9.17) is 44.6 Å². The van der Waals surface area contributed by atoms with Crippen molar-refractivity contribution in [3.63, 3.8) is 0 Å². The van der Waals surface area contributed by atoms with Gasteiger partial charge in [0.1, 0.15) is 11.3 Å². The topological polar surface area (TPSA) is 46.5 Å². The lowest BCUT2D eigenvalue weighted by molar-refractivity contribution is 0.0694. The zero-order valence-electron chi connectivity index (χ0n) is 9.36. The van der Waals surface area contributed by atoms with Gasteiger partial charge in [0.2, 0.25) is 0 Å². The van der Waals surface area contributed by atoms with E-state index in [0.717, 1.165) is 0 Å². The summed E-state index contributed by atoms with van der Waals surface area (Å²) in [4.78, 5) is 11.1. The molecule has 6 heteroatoms. The fraction of sp³-hybridized carbons (Fsp3) is 0. The summed E-state index contributed by atoms with van der Waals surface area (Å²) >= 11 is 17.6. The first-order valence-corrected chi connectivity index (χ1v) is 6.26. The van der Waals surface area contributed by atoms with E-state index in [1.165, 1.54) is 30.3 Å². The Hall–Kier alpha value is -1.42. The molecule has 1 N–H and O–H groups in total. The zero-order chi connectivity index (χ0) is 14.0. The van der Waals surface area contributed by atoms with Gasteiger partial charge < -0.3 is 9.84 Å². The second-order valence-corrected chi connectivity index (χ2v) is 4.91. The van der Waals surface area contributed by atoms with Crippen molar-refractivity contribution < 1.29 is 14.6 Å². The Morgan fingerprint density at radius 1 is 1.05 bits per heavy atom. The van der Waals surface area contributed by atoms with Crippen molar-refractivity contribution in [1.82, 2.24) is 0 Å². The summed E-state index contributed by atoms with van der Waals surface area (Å²) in [6.45, 7) is 0. The summed E-state index contributed by atoms with van der Waals surface area (Å²) in [7, 11) is 0. The van der Waals surface area contributed by atoms with Gasteiger partial charge in [0.25, 0.3) is 0 Å². The van der Waals surface area contributed by atoms with E-state index in [-0.39, 0.29) is 16.3 Å². The van der Waals surface area contributed by atoms with Gasteiger partial charge in [-0.1, -0.05) is 40.9 Å². The van der Waals surface area contributed by atoms with Gasteiger partial charge in [0.05, 0.1) is 5.02 Å². The summed E-state index contributed by atoms with van der Waals surface area (Å²) in [6.07, 6.45) is 0. The lowest BCUT2D eigenvalue weighted by Gasteiger charge is -2.11.